The Morgan fingerprint density at radius 2 is 1.76 bits per heavy atom. The van der Waals surface area contributed by atoms with Gasteiger partial charge in [0.2, 0.25) is 0 Å². The molecular formula is C17H26ClN3. The zero-order valence-electron chi connectivity index (χ0n) is 12.9. The third-order valence-electron chi connectivity index (χ3n) is 4.85. The lowest BCUT2D eigenvalue weighted by atomic mass is 9.89. The number of rotatable bonds is 4. The largest absolute Gasteiger partial charge is 0.316 e. The van der Waals surface area contributed by atoms with E-state index in [9.17, 15) is 0 Å². The molecule has 0 aromatic heterocycles. The highest BCUT2D eigenvalue weighted by Crippen LogP contribution is 2.26. The first-order chi connectivity index (χ1) is 10.1. The smallest absolute Gasteiger partial charge is 0.0406 e. The molecule has 116 valence electrons. The van der Waals surface area contributed by atoms with Crippen LogP contribution in [0, 0.1) is 5.41 Å². The standard InChI is InChI=1S/C17H26ClN3/c1-17(6-7-19-13-17)14-21-10-8-20(9-11-21)12-15-2-4-16(18)5-3-15/h2-5,19H,6-14H2,1H3. The molecule has 0 spiro atoms. The van der Waals surface area contributed by atoms with Crippen molar-refractivity contribution in [2.45, 2.75) is 19.9 Å². The van der Waals surface area contributed by atoms with E-state index in [2.05, 4.69) is 34.2 Å². The summed E-state index contributed by atoms with van der Waals surface area (Å²) in [6.07, 6.45) is 1.32. The van der Waals surface area contributed by atoms with Gasteiger partial charge in [-0.15, -0.1) is 0 Å². The van der Waals surface area contributed by atoms with Gasteiger partial charge in [-0.2, -0.15) is 0 Å². The molecule has 2 heterocycles. The number of benzene rings is 1. The first-order valence-corrected chi connectivity index (χ1v) is 8.41. The summed E-state index contributed by atoms with van der Waals surface area (Å²) in [7, 11) is 0. The number of hydrogen-bond acceptors (Lipinski definition) is 3. The lowest BCUT2D eigenvalue weighted by Crippen LogP contribution is -2.49. The van der Waals surface area contributed by atoms with Crippen LogP contribution in [0.3, 0.4) is 0 Å². The fraction of sp³-hybridized carbons (Fsp3) is 0.647. The van der Waals surface area contributed by atoms with E-state index in [0.717, 1.165) is 11.6 Å². The second-order valence-electron chi connectivity index (χ2n) is 6.92. The van der Waals surface area contributed by atoms with Crippen LogP contribution < -0.4 is 5.32 Å². The summed E-state index contributed by atoms with van der Waals surface area (Å²) in [5.41, 5.74) is 1.85. The number of halogens is 1. The molecule has 1 N–H and O–H groups in total. The fourth-order valence-corrected chi connectivity index (χ4v) is 3.62. The molecule has 3 nitrogen and oxygen atoms in total. The van der Waals surface area contributed by atoms with Gasteiger partial charge in [0, 0.05) is 50.8 Å². The summed E-state index contributed by atoms with van der Waals surface area (Å²) >= 11 is 5.94. The van der Waals surface area contributed by atoms with Crippen molar-refractivity contribution in [1.82, 2.24) is 15.1 Å². The Balaban J connectivity index is 1.45. The van der Waals surface area contributed by atoms with Crippen molar-refractivity contribution in [2.24, 2.45) is 5.41 Å². The topological polar surface area (TPSA) is 18.5 Å². The molecule has 2 aliphatic rings. The maximum Gasteiger partial charge on any atom is 0.0406 e. The van der Waals surface area contributed by atoms with Crippen molar-refractivity contribution in [3.63, 3.8) is 0 Å². The zero-order chi connectivity index (χ0) is 14.7. The molecule has 0 aliphatic carbocycles. The van der Waals surface area contributed by atoms with Crippen LogP contribution in [0.2, 0.25) is 5.02 Å². The molecule has 1 aromatic rings. The van der Waals surface area contributed by atoms with Crippen LogP contribution in [0.15, 0.2) is 24.3 Å². The highest BCUT2D eigenvalue weighted by Gasteiger charge is 2.31. The maximum atomic E-state index is 5.94. The number of piperazine rings is 1. The van der Waals surface area contributed by atoms with E-state index < -0.39 is 0 Å². The molecular weight excluding hydrogens is 282 g/mol. The molecule has 1 atom stereocenters. The minimum atomic E-state index is 0.484. The van der Waals surface area contributed by atoms with E-state index in [1.165, 1.54) is 57.8 Å². The Labute approximate surface area is 133 Å². The van der Waals surface area contributed by atoms with Gasteiger partial charge in [-0.25, -0.2) is 0 Å². The Morgan fingerprint density at radius 3 is 2.38 bits per heavy atom. The van der Waals surface area contributed by atoms with Crippen LogP contribution in [0.4, 0.5) is 0 Å². The molecule has 1 aromatic carbocycles. The van der Waals surface area contributed by atoms with Crippen molar-refractivity contribution >= 4 is 11.6 Å². The normalized spacial score (nSPS) is 28.1. The highest BCUT2D eigenvalue weighted by atomic mass is 35.5. The van der Waals surface area contributed by atoms with Gasteiger partial charge in [-0.05, 0) is 36.1 Å². The quantitative estimate of drug-likeness (QED) is 0.922. The van der Waals surface area contributed by atoms with Crippen LogP contribution in [0.5, 0.6) is 0 Å². The van der Waals surface area contributed by atoms with Gasteiger partial charge in [0.15, 0.2) is 0 Å². The van der Waals surface area contributed by atoms with Crippen LogP contribution in [-0.2, 0) is 6.54 Å². The fourth-order valence-electron chi connectivity index (χ4n) is 3.50. The maximum absolute atomic E-state index is 5.94. The van der Waals surface area contributed by atoms with E-state index in [-0.39, 0.29) is 0 Å². The molecule has 21 heavy (non-hydrogen) atoms. The molecule has 0 bridgehead atoms. The average Bonchev–Trinajstić information content (AvgIpc) is 2.90. The molecule has 0 radical (unpaired) electrons. The first-order valence-electron chi connectivity index (χ1n) is 8.03. The molecule has 2 aliphatic heterocycles. The molecule has 1 unspecified atom stereocenters. The van der Waals surface area contributed by atoms with Crippen molar-refractivity contribution in [2.75, 3.05) is 45.8 Å². The van der Waals surface area contributed by atoms with Crippen LogP contribution in [0.1, 0.15) is 18.9 Å². The van der Waals surface area contributed by atoms with E-state index in [0.29, 0.717) is 5.41 Å². The Hall–Kier alpha value is -0.610. The van der Waals surface area contributed by atoms with E-state index >= 15 is 0 Å². The first kappa shape index (κ1) is 15.3. The molecule has 0 amide bonds. The third-order valence-corrected chi connectivity index (χ3v) is 5.10. The van der Waals surface area contributed by atoms with Gasteiger partial charge in [0.05, 0.1) is 0 Å². The minimum Gasteiger partial charge on any atom is -0.316 e. The summed E-state index contributed by atoms with van der Waals surface area (Å²) < 4.78 is 0. The molecule has 2 saturated heterocycles. The summed E-state index contributed by atoms with van der Waals surface area (Å²) in [5.74, 6) is 0. The third kappa shape index (κ3) is 4.19. The minimum absolute atomic E-state index is 0.484. The van der Waals surface area contributed by atoms with Crippen molar-refractivity contribution < 1.29 is 0 Å². The Bertz CT molecular complexity index is 446. The SMILES string of the molecule is CC1(CN2CCN(Cc3ccc(Cl)cc3)CC2)CCNC1. The predicted octanol–water partition coefficient (Wildman–Crippen LogP) is 2.46. The van der Waals surface area contributed by atoms with Gasteiger partial charge in [0.25, 0.3) is 0 Å². The van der Waals surface area contributed by atoms with Gasteiger partial charge < -0.3 is 10.2 Å². The lowest BCUT2D eigenvalue weighted by Gasteiger charge is -2.38. The van der Waals surface area contributed by atoms with Crippen molar-refractivity contribution in [3.05, 3.63) is 34.9 Å². The average molecular weight is 308 g/mol. The lowest BCUT2D eigenvalue weighted by molar-refractivity contribution is 0.0933. The van der Waals surface area contributed by atoms with Crippen LogP contribution in [-0.4, -0.2) is 55.6 Å². The summed E-state index contributed by atoms with van der Waals surface area (Å²) in [6.45, 7) is 11.8. The van der Waals surface area contributed by atoms with Gasteiger partial charge >= 0.3 is 0 Å². The predicted molar refractivity (Wildman–Crippen MR) is 88.8 cm³/mol. The van der Waals surface area contributed by atoms with E-state index in [4.69, 9.17) is 11.6 Å². The highest BCUT2D eigenvalue weighted by molar-refractivity contribution is 6.30. The van der Waals surface area contributed by atoms with Gasteiger partial charge in [0.1, 0.15) is 0 Å². The molecule has 2 fully saturated rings. The van der Waals surface area contributed by atoms with E-state index in [1.54, 1.807) is 0 Å². The van der Waals surface area contributed by atoms with Crippen molar-refractivity contribution in [1.29, 1.82) is 0 Å². The number of nitrogens with zero attached hydrogens (tertiary/aromatic N) is 2. The molecule has 0 saturated carbocycles. The summed E-state index contributed by atoms with van der Waals surface area (Å²) in [6, 6.07) is 8.25. The number of nitrogens with one attached hydrogen (secondary N) is 1. The van der Waals surface area contributed by atoms with Gasteiger partial charge in [-0.1, -0.05) is 30.7 Å². The van der Waals surface area contributed by atoms with Crippen LogP contribution >= 0.6 is 11.6 Å². The Kier molecular flexibility index (Phi) is 4.85. The Morgan fingerprint density at radius 1 is 1.10 bits per heavy atom. The number of hydrogen-bond donors (Lipinski definition) is 1. The van der Waals surface area contributed by atoms with E-state index in [1.807, 2.05) is 12.1 Å². The molecule has 4 heteroatoms. The second-order valence-corrected chi connectivity index (χ2v) is 7.35. The summed E-state index contributed by atoms with van der Waals surface area (Å²) in [5, 5.41) is 4.32. The van der Waals surface area contributed by atoms with Crippen LogP contribution in [0.25, 0.3) is 0 Å². The monoisotopic (exact) mass is 307 g/mol. The molecule has 3 rings (SSSR count). The summed E-state index contributed by atoms with van der Waals surface area (Å²) in [4.78, 5) is 5.19. The zero-order valence-corrected chi connectivity index (χ0v) is 13.7. The van der Waals surface area contributed by atoms with Gasteiger partial charge in [-0.3, -0.25) is 4.90 Å². The second kappa shape index (κ2) is 6.66. The van der Waals surface area contributed by atoms with Crippen molar-refractivity contribution in [3.8, 4) is 0 Å².